The number of hydrogen-bond donors (Lipinski definition) is 1. The summed E-state index contributed by atoms with van der Waals surface area (Å²) in [7, 11) is 0. The highest BCUT2D eigenvalue weighted by Crippen LogP contribution is 2.23. The smallest absolute Gasteiger partial charge is 0.387 e. The molecule has 2 nitrogen and oxygen atoms in total. The summed E-state index contributed by atoms with van der Waals surface area (Å²) in [6, 6.07) is 4.06. The van der Waals surface area contributed by atoms with E-state index in [9.17, 15) is 13.6 Å². The number of hydrogen-bond acceptors (Lipinski definition) is 3. The molecule has 0 aliphatic carbocycles. The Balaban J connectivity index is 2.87. The zero-order valence-electron chi connectivity index (χ0n) is 8.12. The van der Waals surface area contributed by atoms with Crippen LogP contribution in [0.15, 0.2) is 23.1 Å². The predicted molar refractivity (Wildman–Crippen MR) is 63.1 cm³/mol. The molecule has 0 atom stereocenters. The Hall–Kier alpha value is -0.620. The predicted octanol–water partition coefficient (Wildman–Crippen LogP) is 3.54. The van der Waals surface area contributed by atoms with E-state index >= 15 is 0 Å². The number of halogens is 3. The third kappa shape index (κ3) is 3.75. The van der Waals surface area contributed by atoms with Gasteiger partial charge < -0.3 is 4.74 Å². The number of thiol groups is 1. The lowest BCUT2D eigenvalue weighted by Crippen LogP contribution is -2.04. The molecule has 0 aliphatic rings. The molecule has 0 saturated heterocycles. The van der Waals surface area contributed by atoms with Gasteiger partial charge in [0.15, 0.2) is 5.78 Å². The fourth-order valence-corrected chi connectivity index (χ4v) is 1.83. The van der Waals surface area contributed by atoms with Crippen LogP contribution in [0.3, 0.4) is 0 Å². The van der Waals surface area contributed by atoms with E-state index in [0.717, 1.165) is 0 Å². The van der Waals surface area contributed by atoms with E-state index in [-0.39, 0.29) is 11.5 Å². The first-order chi connectivity index (χ1) is 7.54. The summed E-state index contributed by atoms with van der Waals surface area (Å²) >= 11 is 7.21. The van der Waals surface area contributed by atoms with Gasteiger partial charge in [-0.15, -0.1) is 12.6 Å². The lowest BCUT2D eigenvalue weighted by molar-refractivity contribution is -0.0499. The summed E-state index contributed by atoms with van der Waals surface area (Å²) in [5.74, 6) is -0.0964. The van der Waals surface area contributed by atoms with Crippen molar-refractivity contribution in [1.29, 1.82) is 0 Å². The molecule has 0 amide bonds. The van der Waals surface area contributed by atoms with Crippen LogP contribution in [0.1, 0.15) is 16.8 Å². The van der Waals surface area contributed by atoms with Crippen LogP contribution in [-0.2, 0) is 0 Å². The maximum atomic E-state index is 11.9. The number of ketones is 1. The summed E-state index contributed by atoms with van der Waals surface area (Å²) in [5, 5.41) is 0.550. The van der Waals surface area contributed by atoms with Crippen molar-refractivity contribution in [2.45, 2.75) is 17.9 Å². The highest BCUT2D eigenvalue weighted by molar-refractivity contribution is 9.09. The molecule has 0 aromatic heterocycles. The van der Waals surface area contributed by atoms with Crippen molar-refractivity contribution < 1.29 is 18.3 Å². The summed E-state index contributed by atoms with van der Waals surface area (Å²) < 4.78 is 28.0. The van der Waals surface area contributed by atoms with Gasteiger partial charge in [-0.2, -0.15) is 8.78 Å². The number of benzene rings is 1. The quantitative estimate of drug-likeness (QED) is 0.511. The largest absolute Gasteiger partial charge is 0.435 e. The molecule has 0 aliphatic heterocycles. The fourth-order valence-electron chi connectivity index (χ4n) is 1.14. The van der Waals surface area contributed by atoms with E-state index in [1.54, 1.807) is 0 Å². The minimum Gasteiger partial charge on any atom is -0.435 e. The van der Waals surface area contributed by atoms with Crippen LogP contribution in [0, 0.1) is 0 Å². The van der Waals surface area contributed by atoms with Crippen molar-refractivity contribution in [3.05, 3.63) is 23.8 Å². The van der Waals surface area contributed by atoms with E-state index in [1.165, 1.54) is 18.2 Å². The van der Waals surface area contributed by atoms with Gasteiger partial charge in [-0.3, -0.25) is 4.79 Å². The Morgan fingerprint density at radius 2 is 2.19 bits per heavy atom. The Kier molecular flexibility index (Phi) is 5.21. The number of rotatable bonds is 5. The fraction of sp³-hybridized carbons (Fsp3) is 0.300. The van der Waals surface area contributed by atoms with Crippen LogP contribution >= 0.6 is 28.6 Å². The number of carbonyl (C=O) groups is 1. The van der Waals surface area contributed by atoms with Crippen molar-refractivity contribution in [3.8, 4) is 5.75 Å². The summed E-state index contributed by atoms with van der Waals surface area (Å²) in [5.41, 5.74) is 0.407. The van der Waals surface area contributed by atoms with Crippen molar-refractivity contribution in [2.75, 3.05) is 5.33 Å². The van der Waals surface area contributed by atoms with E-state index in [2.05, 4.69) is 33.3 Å². The van der Waals surface area contributed by atoms with Gasteiger partial charge >= 0.3 is 6.61 Å². The molecule has 1 rings (SSSR count). The Labute approximate surface area is 106 Å². The SMILES string of the molecule is O=C(CCBr)c1ccc(OC(F)F)cc1S. The van der Waals surface area contributed by atoms with Gasteiger partial charge in [-0.1, -0.05) is 15.9 Å². The molecule has 88 valence electrons. The third-order valence-corrected chi connectivity index (χ3v) is 2.58. The maximum absolute atomic E-state index is 11.9. The molecule has 0 bridgehead atoms. The topological polar surface area (TPSA) is 26.3 Å². The third-order valence-electron chi connectivity index (χ3n) is 1.82. The molecule has 1 aromatic rings. The second kappa shape index (κ2) is 6.20. The monoisotopic (exact) mass is 310 g/mol. The molecule has 0 fully saturated rings. The van der Waals surface area contributed by atoms with Gasteiger partial charge in [-0.25, -0.2) is 0 Å². The lowest BCUT2D eigenvalue weighted by atomic mass is 10.1. The summed E-state index contributed by atoms with van der Waals surface area (Å²) in [6.45, 7) is -2.88. The maximum Gasteiger partial charge on any atom is 0.387 e. The van der Waals surface area contributed by atoms with E-state index in [4.69, 9.17) is 0 Å². The first-order valence-corrected chi connectivity index (χ1v) is 5.98. The van der Waals surface area contributed by atoms with Gasteiger partial charge in [0.25, 0.3) is 0 Å². The summed E-state index contributed by atoms with van der Waals surface area (Å²) in [4.78, 5) is 11.9. The van der Waals surface area contributed by atoms with Crippen LogP contribution < -0.4 is 4.74 Å². The molecule has 16 heavy (non-hydrogen) atoms. The van der Waals surface area contributed by atoms with Gasteiger partial charge in [0.2, 0.25) is 0 Å². The van der Waals surface area contributed by atoms with Crippen LogP contribution in [0.4, 0.5) is 8.78 Å². The molecule has 0 radical (unpaired) electrons. The van der Waals surface area contributed by atoms with Crippen molar-refractivity contribution in [2.24, 2.45) is 0 Å². The second-order valence-corrected chi connectivity index (χ2v) is 4.19. The highest BCUT2D eigenvalue weighted by atomic mass is 79.9. The number of ether oxygens (including phenoxy) is 1. The molecule has 0 heterocycles. The number of alkyl halides is 3. The molecular formula is C10H9BrF2O2S. The average Bonchev–Trinajstić information content (AvgIpc) is 2.16. The van der Waals surface area contributed by atoms with Crippen LogP contribution in [0.5, 0.6) is 5.75 Å². The van der Waals surface area contributed by atoms with E-state index in [1.807, 2.05) is 0 Å². The Morgan fingerprint density at radius 3 is 2.69 bits per heavy atom. The molecule has 0 N–H and O–H groups in total. The zero-order chi connectivity index (χ0) is 12.1. The number of Topliss-reactive ketones (excluding diaryl/α,β-unsaturated/α-hetero) is 1. The first kappa shape index (κ1) is 13.4. The van der Waals surface area contributed by atoms with Crippen LogP contribution in [-0.4, -0.2) is 17.7 Å². The second-order valence-electron chi connectivity index (χ2n) is 2.92. The van der Waals surface area contributed by atoms with Crippen LogP contribution in [0.2, 0.25) is 0 Å². The Morgan fingerprint density at radius 1 is 1.50 bits per heavy atom. The summed E-state index contributed by atoms with van der Waals surface area (Å²) in [6.07, 6.45) is 0.336. The molecule has 0 unspecified atom stereocenters. The van der Waals surface area contributed by atoms with Gasteiger partial charge in [0.05, 0.1) is 0 Å². The van der Waals surface area contributed by atoms with Gasteiger partial charge in [-0.05, 0) is 18.2 Å². The molecule has 0 spiro atoms. The van der Waals surface area contributed by atoms with Gasteiger partial charge in [0.1, 0.15) is 5.75 Å². The lowest BCUT2D eigenvalue weighted by Gasteiger charge is -2.07. The normalized spacial score (nSPS) is 10.6. The molecule has 6 heteroatoms. The molecule has 1 aromatic carbocycles. The molecule has 0 saturated carbocycles. The van der Waals surface area contributed by atoms with E-state index in [0.29, 0.717) is 22.2 Å². The van der Waals surface area contributed by atoms with Crippen LogP contribution in [0.25, 0.3) is 0 Å². The van der Waals surface area contributed by atoms with Crippen molar-refractivity contribution in [1.82, 2.24) is 0 Å². The number of carbonyl (C=O) groups excluding carboxylic acids is 1. The van der Waals surface area contributed by atoms with Crippen molar-refractivity contribution in [3.63, 3.8) is 0 Å². The average molecular weight is 311 g/mol. The minimum absolute atomic E-state index is 0.00427. The molecular weight excluding hydrogens is 302 g/mol. The minimum atomic E-state index is -2.88. The van der Waals surface area contributed by atoms with E-state index < -0.39 is 6.61 Å². The first-order valence-electron chi connectivity index (χ1n) is 4.41. The standard InChI is InChI=1S/C10H9BrF2O2S/c11-4-3-8(14)7-2-1-6(5-9(7)16)15-10(12)13/h1-2,5,10,16H,3-4H2. The highest BCUT2D eigenvalue weighted by Gasteiger charge is 2.11. The zero-order valence-corrected chi connectivity index (χ0v) is 10.6. The van der Waals surface area contributed by atoms with Gasteiger partial charge in [0, 0.05) is 22.2 Å². The van der Waals surface area contributed by atoms with Crippen molar-refractivity contribution >= 4 is 34.3 Å². The Bertz CT molecular complexity index is 385.